The van der Waals surface area contributed by atoms with Crippen molar-refractivity contribution in [3.05, 3.63) is 65.5 Å². The molecule has 28 heavy (non-hydrogen) atoms. The van der Waals surface area contributed by atoms with Crippen molar-refractivity contribution in [3.8, 4) is 0 Å². The molecule has 0 fully saturated rings. The zero-order chi connectivity index (χ0) is 20.2. The third-order valence-corrected chi connectivity index (χ3v) is 4.38. The van der Waals surface area contributed by atoms with Crippen molar-refractivity contribution in [1.29, 1.82) is 0 Å². The van der Waals surface area contributed by atoms with E-state index in [0.29, 0.717) is 11.8 Å². The molecule has 0 aromatic heterocycles. The van der Waals surface area contributed by atoms with Gasteiger partial charge in [0, 0.05) is 25.2 Å². The number of aliphatic imine (C=N–C) groups is 1. The Labute approximate surface area is 185 Å². The Morgan fingerprint density at radius 2 is 1.25 bits per heavy atom. The summed E-state index contributed by atoms with van der Waals surface area (Å²) in [5, 5.41) is 11.1. The van der Waals surface area contributed by atoms with Crippen LogP contribution in [0.5, 0.6) is 0 Å². The summed E-state index contributed by atoms with van der Waals surface area (Å²) in [6, 6.07) is 6.33. The fourth-order valence-corrected chi connectivity index (χ4v) is 3.00. The van der Waals surface area contributed by atoms with E-state index in [1.54, 1.807) is 13.0 Å². The monoisotopic (exact) mass is 469 g/mol. The summed E-state index contributed by atoms with van der Waals surface area (Å²) in [6.07, 6.45) is 15.6. The second-order valence-electron chi connectivity index (χ2n) is 7.70. The van der Waals surface area contributed by atoms with Crippen LogP contribution in [0.15, 0.2) is 59.3 Å². The molecule has 1 aliphatic rings. The van der Waals surface area contributed by atoms with Crippen molar-refractivity contribution in [2.75, 3.05) is 0 Å². The van der Waals surface area contributed by atoms with Crippen LogP contribution in [0.2, 0.25) is 0 Å². The van der Waals surface area contributed by atoms with Gasteiger partial charge in [0.2, 0.25) is 0 Å². The molecule has 1 aromatic rings. The maximum atomic E-state index is 11.1. The first kappa shape index (κ1) is 26.5. The van der Waals surface area contributed by atoms with E-state index in [1.165, 1.54) is 36.8 Å². The summed E-state index contributed by atoms with van der Waals surface area (Å²) in [5.41, 5.74) is 4.27. The van der Waals surface area contributed by atoms with Crippen molar-refractivity contribution in [2.45, 2.75) is 79.1 Å². The summed E-state index contributed by atoms with van der Waals surface area (Å²) in [5.74, 6) is 0.875. The van der Waals surface area contributed by atoms with Crippen LogP contribution >= 0.6 is 0 Å². The van der Waals surface area contributed by atoms with Gasteiger partial charge < -0.3 is 5.11 Å². The molecule has 1 radical (unpaired) electrons. The van der Waals surface area contributed by atoms with Crippen LogP contribution in [0, 0.1) is 0 Å². The number of nitrogens with zero attached hydrogens (tertiary/aromatic N) is 1. The quantitative estimate of drug-likeness (QED) is 0.203. The van der Waals surface area contributed by atoms with Crippen LogP contribution in [0.25, 0.3) is 0 Å². The molecule has 1 aliphatic carbocycles. The Morgan fingerprint density at radius 1 is 0.857 bits per heavy atom. The van der Waals surface area contributed by atoms with E-state index >= 15 is 0 Å². The van der Waals surface area contributed by atoms with Gasteiger partial charge in [-0.1, -0.05) is 83.2 Å². The molecule has 0 N–H and O–H groups in total. The van der Waals surface area contributed by atoms with Crippen LogP contribution in [0.3, 0.4) is 0 Å². The summed E-state index contributed by atoms with van der Waals surface area (Å²) in [6.45, 7) is 12.1. The van der Waals surface area contributed by atoms with Gasteiger partial charge in [-0.25, -0.2) is 0 Å². The minimum Gasteiger partial charge on any atom is -0.876 e. The molecule has 0 unspecified atom stereocenters. The number of rotatable bonds is 4. The minimum atomic E-state index is 0. The second kappa shape index (κ2) is 14.5. The molecule has 0 bridgehead atoms. The number of benzene rings is 1. The zero-order valence-electron chi connectivity index (χ0n) is 18.3. The van der Waals surface area contributed by atoms with E-state index in [0.717, 1.165) is 11.4 Å². The number of hydrogen-bond acceptors (Lipinski definition) is 2. The van der Waals surface area contributed by atoms with Gasteiger partial charge in [0.05, 0.1) is 5.69 Å². The third kappa shape index (κ3) is 10.2. The second-order valence-corrected chi connectivity index (χ2v) is 7.70. The fourth-order valence-electron chi connectivity index (χ4n) is 3.00. The van der Waals surface area contributed by atoms with Crippen LogP contribution in [0.4, 0.5) is 5.69 Å². The Balaban J connectivity index is 0.000000678. The van der Waals surface area contributed by atoms with Gasteiger partial charge in [0.25, 0.3) is 0 Å². The van der Waals surface area contributed by atoms with E-state index in [9.17, 15) is 5.11 Å². The molecular formula is C25H36NORh-. The average Bonchev–Trinajstić information content (AvgIpc) is 2.53. The molecule has 0 heterocycles. The Kier molecular flexibility index (Phi) is 13.8. The SMILES string of the molecule is C1=C\CC/C=C\CC/1.CC(/C=C(/C)[O-])=Nc1c(C(C)C)cccc1C(C)C.[Rh]. The number of allylic oxidation sites excluding steroid dienone is 6. The largest absolute Gasteiger partial charge is 0.876 e. The Bertz CT molecular complexity index is 640. The smallest absolute Gasteiger partial charge is 0.0701 e. The molecule has 1 aromatic carbocycles. The molecule has 157 valence electrons. The summed E-state index contributed by atoms with van der Waals surface area (Å²) in [7, 11) is 0. The van der Waals surface area contributed by atoms with E-state index in [2.05, 4.69) is 75.2 Å². The number of para-hydroxylation sites is 1. The molecule has 0 atom stereocenters. The molecule has 0 spiro atoms. The topological polar surface area (TPSA) is 35.4 Å². The van der Waals surface area contributed by atoms with Crippen molar-refractivity contribution in [1.82, 2.24) is 0 Å². The van der Waals surface area contributed by atoms with Gasteiger partial charge >= 0.3 is 0 Å². The normalized spacial score (nSPS) is 17.1. The van der Waals surface area contributed by atoms with Crippen LogP contribution < -0.4 is 5.11 Å². The van der Waals surface area contributed by atoms with E-state index in [1.807, 2.05) is 6.92 Å². The number of hydrogen-bond donors (Lipinski definition) is 0. The standard InChI is InChI=1S/C17H25NO.C8H12.Rh/c1-11(2)15-8-7-9-16(12(3)4)17(15)18-13(5)10-14(6)19;1-2-4-6-8-7-5-3-1;/h7-12,19H,1-6H3;1-2,7-8H,3-6H2;/p-1/b14-10-,18-13?;2-1-,8-7-;. The first-order valence-corrected chi connectivity index (χ1v) is 10.2. The van der Waals surface area contributed by atoms with Gasteiger partial charge in [-0.15, -0.1) is 5.76 Å². The van der Waals surface area contributed by atoms with Crippen molar-refractivity contribution >= 4 is 11.4 Å². The average molecular weight is 469 g/mol. The third-order valence-electron chi connectivity index (χ3n) is 4.38. The molecule has 0 saturated carbocycles. The van der Waals surface area contributed by atoms with Gasteiger partial charge in [0.1, 0.15) is 0 Å². The van der Waals surface area contributed by atoms with Gasteiger partial charge in [-0.05, 0) is 55.6 Å². The first-order valence-electron chi connectivity index (χ1n) is 10.2. The maximum Gasteiger partial charge on any atom is 0.0701 e. The van der Waals surface area contributed by atoms with Gasteiger partial charge in [-0.2, -0.15) is 0 Å². The van der Waals surface area contributed by atoms with Gasteiger partial charge in [0.15, 0.2) is 0 Å². The van der Waals surface area contributed by atoms with Crippen LogP contribution in [0.1, 0.15) is 90.2 Å². The Hall–Kier alpha value is -1.47. The first-order chi connectivity index (χ1) is 12.8. The summed E-state index contributed by atoms with van der Waals surface area (Å²) < 4.78 is 0. The fraction of sp³-hybridized carbons (Fsp3) is 0.480. The molecule has 2 nitrogen and oxygen atoms in total. The molecule has 0 saturated heterocycles. The van der Waals surface area contributed by atoms with E-state index in [-0.39, 0.29) is 25.2 Å². The predicted molar refractivity (Wildman–Crippen MR) is 118 cm³/mol. The van der Waals surface area contributed by atoms with Crippen molar-refractivity contribution in [3.63, 3.8) is 0 Å². The summed E-state index contributed by atoms with van der Waals surface area (Å²) in [4.78, 5) is 4.68. The molecule has 0 amide bonds. The maximum absolute atomic E-state index is 11.1. The molecule has 2 rings (SSSR count). The van der Waals surface area contributed by atoms with Crippen molar-refractivity contribution in [2.24, 2.45) is 4.99 Å². The minimum absolute atomic E-state index is 0. The molecule has 3 heteroatoms. The molecule has 0 aliphatic heterocycles. The van der Waals surface area contributed by atoms with E-state index in [4.69, 9.17) is 0 Å². The summed E-state index contributed by atoms with van der Waals surface area (Å²) >= 11 is 0. The molecular weight excluding hydrogens is 433 g/mol. The Morgan fingerprint density at radius 3 is 1.57 bits per heavy atom. The van der Waals surface area contributed by atoms with Gasteiger partial charge in [-0.3, -0.25) is 4.99 Å². The van der Waals surface area contributed by atoms with Crippen LogP contribution in [-0.2, 0) is 19.5 Å². The van der Waals surface area contributed by atoms with Crippen LogP contribution in [-0.4, -0.2) is 5.71 Å². The zero-order valence-corrected chi connectivity index (χ0v) is 19.9. The van der Waals surface area contributed by atoms with Crippen molar-refractivity contribution < 1.29 is 24.6 Å². The van der Waals surface area contributed by atoms with E-state index < -0.39 is 0 Å². The predicted octanol–water partition coefficient (Wildman–Crippen LogP) is 6.96.